The molecule has 7 heteroatoms. The quantitative estimate of drug-likeness (QED) is 0.654. The number of sulfonamides is 1. The van der Waals surface area contributed by atoms with Gasteiger partial charge in [-0.25, -0.2) is 18.1 Å². The van der Waals surface area contributed by atoms with Gasteiger partial charge in [0.05, 0.1) is 0 Å². The van der Waals surface area contributed by atoms with Crippen molar-refractivity contribution in [1.82, 2.24) is 9.71 Å². The molecule has 0 unspecified atom stereocenters. The van der Waals surface area contributed by atoms with Crippen LogP contribution in [-0.2, 0) is 10.0 Å². The van der Waals surface area contributed by atoms with Gasteiger partial charge >= 0.3 is 0 Å². The fraction of sp³-hybridized carbons (Fsp3) is 0.214. The van der Waals surface area contributed by atoms with Crippen LogP contribution in [0, 0.1) is 6.92 Å². The van der Waals surface area contributed by atoms with Crippen LogP contribution in [0.1, 0.15) is 5.56 Å². The summed E-state index contributed by atoms with van der Waals surface area (Å²) in [5.74, 6) is 0.702. The summed E-state index contributed by atoms with van der Waals surface area (Å²) in [6.45, 7) is 2.39. The van der Waals surface area contributed by atoms with Crippen molar-refractivity contribution in [3.63, 3.8) is 0 Å². The van der Waals surface area contributed by atoms with Crippen molar-refractivity contribution >= 4 is 21.6 Å². The Morgan fingerprint density at radius 2 is 1.90 bits per heavy atom. The molecule has 0 radical (unpaired) electrons. The van der Waals surface area contributed by atoms with Crippen LogP contribution < -0.4 is 9.46 Å². The van der Waals surface area contributed by atoms with Gasteiger partial charge in [-0.15, -0.1) is 0 Å². The van der Waals surface area contributed by atoms with Gasteiger partial charge < -0.3 is 4.74 Å². The van der Waals surface area contributed by atoms with E-state index in [-0.39, 0.29) is 23.2 Å². The second kappa shape index (κ2) is 6.89. The van der Waals surface area contributed by atoms with Gasteiger partial charge in [-0.3, -0.25) is 0 Å². The van der Waals surface area contributed by atoms with Crippen molar-refractivity contribution in [2.45, 2.75) is 11.8 Å². The van der Waals surface area contributed by atoms with Crippen molar-refractivity contribution in [2.75, 3.05) is 13.2 Å². The molecular formula is C14H15ClN2O3S. The van der Waals surface area contributed by atoms with Crippen molar-refractivity contribution in [3.8, 4) is 5.75 Å². The molecule has 5 nitrogen and oxygen atoms in total. The lowest BCUT2D eigenvalue weighted by Crippen LogP contribution is -2.28. The topological polar surface area (TPSA) is 68.3 Å². The zero-order chi connectivity index (χ0) is 15.3. The highest BCUT2D eigenvalue weighted by molar-refractivity contribution is 7.89. The molecule has 2 aromatic rings. The average Bonchev–Trinajstić information content (AvgIpc) is 2.46. The Labute approximate surface area is 129 Å². The highest BCUT2D eigenvalue weighted by Gasteiger charge is 2.13. The minimum absolute atomic E-state index is 0.0715. The van der Waals surface area contributed by atoms with Gasteiger partial charge in [0, 0.05) is 12.7 Å². The number of hydrogen-bond acceptors (Lipinski definition) is 4. The van der Waals surface area contributed by atoms with Crippen LogP contribution in [-0.4, -0.2) is 26.6 Å². The highest BCUT2D eigenvalue weighted by atomic mass is 35.5. The summed E-state index contributed by atoms with van der Waals surface area (Å²) in [6, 6.07) is 10.4. The Morgan fingerprint density at radius 3 is 2.52 bits per heavy atom. The Bertz CT molecular complexity index is 685. The average molecular weight is 327 g/mol. The number of pyridine rings is 1. The fourth-order valence-electron chi connectivity index (χ4n) is 1.58. The summed E-state index contributed by atoms with van der Waals surface area (Å²) in [6.07, 6.45) is 1.21. The fourth-order valence-corrected chi connectivity index (χ4v) is 2.65. The van der Waals surface area contributed by atoms with Crippen molar-refractivity contribution in [1.29, 1.82) is 0 Å². The van der Waals surface area contributed by atoms with E-state index in [9.17, 15) is 8.42 Å². The molecule has 0 aliphatic rings. The maximum absolute atomic E-state index is 11.9. The molecule has 112 valence electrons. The van der Waals surface area contributed by atoms with Gasteiger partial charge in [0.1, 0.15) is 22.4 Å². The van der Waals surface area contributed by atoms with Crippen LogP contribution in [0.15, 0.2) is 47.5 Å². The molecule has 0 atom stereocenters. The largest absolute Gasteiger partial charge is 0.492 e. The van der Waals surface area contributed by atoms with E-state index < -0.39 is 10.0 Å². The smallest absolute Gasteiger partial charge is 0.242 e. The van der Waals surface area contributed by atoms with E-state index in [1.165, 1.54) is 18.3 Å². The first kappa shape index (κ1) is 15.8. The van der Waals surface area contributed by atoms with Crippen LogP contribution in [0.2, 0.25) is 5.15 Å². The summed E-state index contributed by atoms with van der Waals surface area (Å²) >= 11 is 5.62. The molecule has 1 aromatic heterocycles. The number of hydrogen-bond donors (Lipinski definition) is 1. The molecule has 0 aliphatic heterocycles. The van der Waals surface area contributed by atoms with Gasteiger partial charge in [0.25, 0.3) is 0 Å². The van der Waals surface area contributed by atoms with E-state index in [4.69, 9.17) is 16.3 Å². The van der Waals surface area contributed by atoms with Crippen LogP contribution >= 0.6 is 11.6 Å². The lowest BCUT2D eigenvalue weighted by atomic mass is 10.2. The second-order valence-corrected chi connectivity index (χ2v) is 6.53. The molecule has 0 aliphatic carbocycles. The monoisotopic (exact) mass is 326 g/mol. The lowest BCUT2D eigenvalue weighted by Gasteiger charge is -2.08. The molecule has 0 amide bonds. The molecule has 0 fully saturated rings. The maximum Gasteiger partial charge on any atom is 0.242 e. The minimum atomic E-state index is -3.59. The SMILES string of the molecule is Cc1ccc(OCCNS(=O)(=O)c2ccc(Cl)nc2)cc1. The standard InChI is InChI=1S/C14H15ClN2O3S/c1-11-2-4-12(5-3-11)20-9-8-17-21(18,19)13-6-7-14(15)16-10-13/h2-7,10,17H,8-9H2,1H3. The Morgan fingerprint density at radius 1 is 1.19 bits per heavy atom. The number of rotatable bonds is 6. The summed E-state index contributed by atoms with van der Waals surface area (Å²) in [5, 5.41) is 0.247. The van der Waals surface area contributed by atoms with Gasteiger partial charge in [0.2, 0.25) is 10.0 Å². The van der Waals surface area contributed by atoms with E-state index in [0.717, 1.165) is 5.56 Å². The Balaban J connectivity index is 1.85. The molecule has 2 rings (SSSR count). The summed E-state index contributed by atoms with van der Waals surface area (Å²) in [5.41, 5.74) is 1.14. The number of nitrogens with zero attached hydrogens (tertiary/aromatic N) is 1. The zero-order valence-electron chi connectivity index (χ0n) is 11.4. The first-order valence-corrected chi connectivity index (χ1v) is 8.14. The van der Waals surface area contributed by atoms with Crippen LogP contribution in [0.3, 0.4) is 0 Å². The van der Waals surface area contributed by atoms with Gasteiger partial charge in [-0.1, -0.05) is 29.3 Å². The molecule has 1 N–H and O–H groups in total. The third kappa shape index (κ3) is 4.70. The van der Waals surface area contributed by atoms with E-state index in [1.807, 2.05) is 31.2 Å². The molecule has 0 saturated carbocycles. The van der Waals surface area contributed by atoms with Crippen molar-refractivity contribution in [3.05, 3.63) is 53.3 Å². The van der Waals surface area contributed by atoms with Crippen LogP contribution in [0.25, 0.3) is 0 Å². The third-order valence-electron chi connectivity index (χ3n) is 2.69. The number of aryl methyl sites for hydroxylation is 1. The second-order valence-electron chi connectivity index (χ2n) is 4.38. The minimum Gasteiger partial charge on any atom is -0.492 e. The molecule has 0 spiro atoms. The Hall–Kier alpha value is -1.63. The summed E-state index contributed by atoms with van der Waals surface area (Å²) in [7, 11) is -3.59. The van der Waals surface area contributed by atoms with E-state index in [2.05, 4.69) is 9.71 Å². The van der Waals surface area contributed by atoms with Crippen LogP contribution in [0.5, 0.6) is 5.75 Å². The molecule has 21 heavy (non-hydrogen) atoms. The number of ether oxygens (including phenoxy) is 1. The predicted molar refractivity (Wildman–Crippen MR) is 81.1 cm³/mol. The van der Waals surface area contributed by atoms with E-state index in [0.29, 0.717) is 5.75 Å². The van der Waals surface area contributed by atoms with Crippen molar-refractivity contribution in [2.24, 2.45) is 0 Å². The van der Waals surface area contributed by atoms with E-state index in [1.54, 1.807) is 0 Å². The molecular weight excluding hydrogens is 312 g/mol. The first-order valence-electron chi connectivity index (χ1n) is 6.28. The maximum atomic E-state index is 11.9. The third-order valence-corrected chi connectivity index (χ3v) is 4.36. The van der Waals surface area contributed by atoms with Crippen molar-refractivity contribution < 1.29 is 13.2 Å². The Kier molecular flexibility index (Phi) is 5.17. The molecule has 0 bridgehead atoms. The van der Waals surface area contributed by atoms with E-state index >= 15 is 0 Å². The first-order chi connectivity index (χ1) is 9.97. The number of halogens is 1. The molecule has 1 aromatic carbocycles. The lowest BCUT2D eigenvalue weighted by molar-refractivity contribution is 0.323. The number of benzene rings is 1. The van der Waals surface area contributed by atoms with Crippen LogP contribution in [0.4, 0.5) is 0 Å². The van der Waals surface area contributed by atoms with Gasteiger partial charge in [-0.2, -0.15) is 0 Å². The number of aromatic nitrogens is 1. The summed E-state index contributed by atoms with van der Waals surface area (Å²) < 4.78 is 31.8. The van der Waals surface area contributed by atoms with Gasteiger partial charge in [0.15, 0.2) is 0 Å². The zero-order valence-corrected chi connectivity index (χ0v) is 13.0. The molecule has 0 saturated heterocycles. The number of nitrogens with one attached hydrogen (secondary N) is 1. The molecule has 1 heterocycles. The normalized spacial score (nSPS) is 11.3. The van der Waals surface area contributed by atoms with Gasteiger partial charge in [-0.05, 0) is 31.2 Å². The highest BCUT2D eigenvalue weighted by Crippen LogP contribution is 2.12. The predicted octanol–water partition coefficient (Wildman–Crippen LogP) is 2.40. The summed E-state index contributed by atoms with van der Waals surface area (Å²) in [4.78, 5) is 3.82.